The third kappa shape index (κ3) is 3.16. The van der Waals surface area contributed by atoms with Gasteiger partial charge in [-0.1, -0.05) is 48.0 Å². The normalized spacial score (nSPS) is 12.1. The van der Waals surface area contributed by atoms with Crippen molar-refractivity contribution in [2.24, 2.45) is 0 Å². The third-order valence-corrected chi connectivity index (χ3v) is 3.81. The molecular formula is C19H17NO3. The predicted molar refractivity (Wildman–Crippen MR) is 89.5 cm³/mol. The van der Waals surface area contributed by atoms with Gasteiger partial charge in [-0.2, -0.15) is 0 Å². The van der Waals surface area contributed by atoms with E-state index in [0.29, 0.717) is 5.58 Å². The van der Waals surface area contributed by atoms with Gasteiger partial charge in [0.15, 0.2) is 0 Å². The molecular weight excluding hydrogens is 290 g/mol. The van der Waals surface area contributed by atoms with E-state index in [2.05, 4.69) is 5.32 Å². The molecule has 23 heavy (non-hydrogen) atoms. The summed E-state index contributed by atoms with van der Waals surface area (Å²) in [4.78, 5) is 24.4. The van der Waals surface area contributed by atoms with Gasteiger partial charge in [0, 0.05) is 5.39 Å². The number of fused-ring (bicyclic) bond motifs is 1. The first kappa shape index (κ1) is 15.0. The highest BCUT2D eigenvalue weighted by molar-refractivity contribution is 5.96. The number of para-hydroxylation sites is 1. The zero-order valence-electron chi connectivity index (χ0n) is 13.0. The van der Waals surface area contributed by atoms with Crippen LogP contribution in [0.3, 0.4) is 0 Å². The van der Waals surface area contributed by atoms with E-state index in [-0.39, 0.29) is 11.6 Å². The van der Waals surface area contributed by atoms with Crippen LogP contribution in [0.4, 0.5) is 0 Å². The maximum Gasteiger partial charge on any atom is 0.349 e. The predicted octanol–water partition coefficient (Wildman–Crippen LogP) is 3.59. The zero-order chi connectivity index (χ0) is 16.4. The van der Waals surface area contributed by atoms with Gasteiger partial charge < -0.3 is 9.73 Å². The summed E-state index contributed by atoms with van der Waals surface area (Å²) in [5.41, 5.74) is 2.00. The van der Waals surface area contributed by atoms with Crippen LogP contribution in [-0.2, 0) is 0 Å². The van der Waals surface area contributed by atoms with Crippen LogP contribution in [0, 0.1) is 6.92 Å². The lowest BCUT2D eigenvalue weighted by Gasteiger charge is -2.14. The third-order valence-electron chi connectivity index (χ3n) is 3.81. The molecule has 0 aliphatic carbocycles. The molecule has 0 saturated heterocycles. The maximum absolute atomic E-state index is 12.4. The molecule has 1 heterocycles. The van der Waals surface area contributed by atoms with Crippen LogP contribution >= 0.6 is 0 Å². The molecule has 116 valence electrons. The second-order valence-electron chi connectivity index (χ2n) is 5.59. The molecule has 0 fully saturated rings. The number of aryl methyl sites for hydroxylation is 1. The number of rotatable bonds is 3. The first-order valence-corrected chi connectivity index (χ1v) is 7.45. The smallest absolute Gasteiger partial charge is 0.349 e. The molecule has 3 rings (SSSR count). The fourth-order valence-corrected chi connectivity index (χ4v) is 2.43. The number of benzene rings is 2. The molecule has 1 atom stereocenters. The summed E-state index contributed by atoms with van der Waals surface area (Å²) in [6.07, 6.45) is 0. The van der Waals surface area contributed by atoms with E-state index in [9.17, 15) is 9.59 Å². The number of carbonyl (C=O) groups excluding carboxylic acids is 1. The molecule has 0 aliphatic rings. The second kappa shape index (κ2) is 6.08. The Morgan fingerprint density at radius 2 is 1.78 bits per heavy atom. The summed E-state index contributed by atoms with van der Waals surface area (Å²) in [7, 11) is 0. The minimum absolute atomic E-state index is 0.0164. The van der Waals surface area contributed by atoms with Gasteiger partial charge in [-0.05, 0) is 31.5 Å². The minimum atomic E-state index is -0.627. The monoisotopic (exact) mass is 307 g/mol. The van der Waals surface area contributed by atoms with Crippen LogP contribution in [0.1, 0.15) is 34.5 Å². The van der Waals surface area contributed by atoms with E-state index in [1.807, 2.05) is 44.2 Å². The average molecular weight is 307 g/mol. The van der Waals surface area contributed by atoms with Gasteiger partial charge in [0.25, 0.3) is 5.91 Å². The first-order valence-electron chi connectivity index (χ1n) is 7.45. The molecule has 1 aromatic heterocycles. The minimum Gasteiger partial charge on any atom is -0.422 e. The number of amides is 1. The Bertz CT molecular complexity index is 910. The van der Waals surface area contributed by atoms with E-state index in [4.69, 9.17) is 4.42 Å². The van der Waals surface area contributed by atoms with Gasteiger partial charge >= 0.3 is 5.63 Å². The quantitative estimate of drug-likeness (QED) is 0.752. The van der Waals surface area contributed by atoms with Crippen LogP contribution < -0.4 is 10.9 Å². The van der Waals surface area contributed by atoms with Crippen LogP contribution in [0.5, 0.6) is 0 Å². The van der Waals surface area contributed by atoms with Gasteiger partial charge in [-0.3, -0.25) is 4.79 Å². The van der Waals surface area contributed by atoms with Gasteiger partial charge in [-0.25, -0.2) is 4.79 Å². The Labute approximate surface area is 133 Å². The molecule has 0 bridgehead atoms. The van der Waals surface area contributed by atoms with E-state index in [1.165, 1.54) is 0 Å². The lowest BCUT2D eigenvalue weighted by molar-refractivity contribution is 0.0936. The van der Waals surface area contributed by atoms with Gasteiger partial charge in [0.05, 0.1) is 6.04 Å². The molecule has 1 amide bonds. The van der Waals surface area contributed by atoms with E-state index in [1.54, 1.807) is 24.3 Å². The number of hydrogen-bond acceptors (Lipinski definition) is 3. The van der Waals surface area contributed by atoms with Crippen molar-refractivity contribution in [3.8, 4) is 0 Å². The van der Waals surface area contributed by atoms with Crippen molar-refractivity contribution in [3.63, 3.8) is 0 Å². The Hall–Kier alpha value is -2.88. The van der Waals surface area contributed by atoms with Crippen LogP contribution in [0.25, 0.3) is 11.0 Å². The van der Waals surface area contributed by atoms with Crippen molar-refractivity contribution < 1.29 is 9.21 Å². The summed E-state index contributed by atoms with van der Waals surface area (Å²) in [5.74, 6) is -0.433. The summed E-state index contributed by atoms with van der Waals surface area (Å²) in [5, 5.41) is 3.56. The SMILES string of the molecule is Cc1ccc(C(C)NC(=O)c2cc3ccccc3oc2=O)cc1. The number of carbonyl (C=O) groups is 1. The highest BCUT2D eigenvalue weighted by atomic mass is 16.4. The standard InChI is InChI=1S/C19H17NO3/c1-12-7-9-14(10-8-12)13(2)20-18(21)16-11-15-5-3-4-6-17(15)23-19(16)22/h3-11,13H,1-2H3,(H,20,21). The highest BCUT2D eigenvalue weighted by Crippen LogP contribution is 2.15. The highest BCUT2D eigenvalue weighted by Gasteiger charge is 2.16. The van der Waals surface area contributed by atoms with E-state index >= 15 is 0 Å². The molecule has 1 unspecified atom stereocenters. The summed E-state index contributed by atoms with van der Waals surface area (Å²) in [6, 6.07) is 16.4. The van der Waals surface area contributed by atoms with Gasteiger partial charge in [0.1, 0.15) is 11.1 Å². The summed E-state index contributed by atoms with van der Waals surface area (Å²) >= 11 is 0. The Morgan fingerprint density at radius 1 is 1.09 bits per heavy atom. The molecule has 3 aromatic rings. The maximum atomic E-state index is 12.4. The van der Waals surface area contributed by atoms with Crippen molar-refractivity contribution in [1.29, 1.82) is 0 Å². The molecule has 0 spiro atoms. The molecule has 0 aliphatic heterocycles. The Morgan fingerprint density at radius 3 is 2.52 bits per heavy atom. The topological polar surface area (TPSA) is 59.3 Å². The van der Waals surface area contributed by atoms with Gasteiger partial charge in [-0.15, -0.1) is 0 Å². The fourth-order valence-electron chi connectivity index (χ4n) is 2.43. The number of nitrogens with one attached hydrogen (secondary N) is 1. The van der Waals surface area contributed by atoms with Crippen LogP contribution in [0.2, 0.25) is 0 Å². The van der Waals surface area contributed by atoms with Gasteiger partial charge in [0.2, 0.25) is 0 Å². The second-order valence-corrected chi connectivity index (χ2v) is 5.59. The van der Waals surface area contributed by atoms with Crippen molar-refractivity contribution in [2.75, 3.05) is 0 Å². The molecule has 0 radical (unpaired) electrons. The Kier molecular flexibility index (Phi) is 3.98. The van der Waals surface area contributed by atoms with Crippen LogP contribution in [0.15, 0.2) is 63.8 Å². The Balaban J connectivity index is 1.87. The van der Waals surface area contributed by atoms with E-state index in [0.717, 1.165) is 16.5 Å². The summed E-state index contributed by atoms with van der Waals surface area (Å²) < 4.78 is 5.20. The lowest BCUT2D eigenvalue weighted by Crippen LogP contribution is -2.30. The van der Waals surface area contributed by atoms with Crippen molar-refractivity contribution in [3.05, 3.63) is 81.7 Å². The van der Waals surface area contributed by atoms with Crippen LogP contribution in [-0.4, -0.2) is 5.91 Å². The van der Waals surface area contributed by atoms with Crippen molar-refractivity contribution >= 4 is 16.9 Å². The van der Waals surface area contributed by atoms with Crippen molar-refractivity contribution in [2.45, 2.75) is 19.9 Å². The molecule has 2 aromatic carbocycles. The fraction of sp³-hybridized carbons (Fsp3) is 0.158. The number of hydrogen-bond donors (Lipinski definition) is 1. The zero-order valence-corrected chi connectivity index (χ0v) is 13.0. The summed E-state index contributed by atoms with van der Waals surface area (Å²) in [6.45, 7) is 3.89. The molecule has 4 nitrogen and oxygen atoms in total. The van der Waals surface area contributed by atoms with E-state index < -0.39 is 11.5 Å². The molecule has 4 heteroatoms. The largest absolute Gasteiger partial charge is 0.422 e. The first-order chi connectivity index (χ1) is 11.0. The average Bonchev–Trinajstić information content (AvgIpc) is 2.54. The lowest BCUT2D eigenvalue weighted by atomic mass is 10.1. The van der Waals surface area contributed by atoms with Crippen molar-refractivity contribution in [1.82, 2.24) is 5.32 Å². The molecule has 0 saturated carbocycles. The molecule has 1 N–H and O–H groups in total.